The molecule has 1 N–H and O–H groups in total. The molecule has 1 aromatic rings. The van der Waals surface area contributed by atoms with Crippen LogP contribution in [0, 0.1) is 0 Å². The molecular weight excluding hydrogens is 294 g/mol. The van der Waals surface area contributed by atoms with Gasteiger partial charge in [0.2, 0.25) is 0 Å². The average Bonchev–Trinajstić information content (AvgIpc) is 2.54. The number of carbonyl (C=O) groups excluding carboxylic acids is 1. The molecule has 1 aromatic carbocycles. The molecule has 1 rings (SSSR count). The summed E-state index contributed by atoms with van der Waals surface area (Å²) in [5, 5.41) is 3.25. The highest BCUT2D eigenvalue weighted by Gasteiger charge is 1.96. The highest BCUT2D eigenvalue weighted by molar-refractivity contribution is 5.76. The number of benzene rings is 1. The SMILES string of the molecule is CCNc1ccc(OCCCOCCCCOCC(C)=O)cc1. The normalized spacial score (nSPS) is 10.5. The van der Waals surface area contributed by atoms with Crippen LogP contribution in [-0.2, 0) is 14.3 Å². The number of hydrogen-bond acceptors (Lipinski definition) is 5. The van der Waals surface area contributed by atoms with Crippen LogP contribution in [0.1, 0.15) is 33.1 Å². The van der Waals surface area contributed by atoms with Crippen molar-refractivity contribution in [1.29, 1.82) is 0 Å². The number of rotatable bonds is 14. The van der Waals surface area contributed by atoms with E-state index in [9.17, 15) is 4.79 Å². The summed E-state index contributed by atoms with van der Waals surface area (Å²) >= 11 is 0. The van der Waals surface area contributed by atoms with E-state index in [-0.39, 0.29) is 12.4 Å². The van der Waals surface area contributed by atoms with Gasteiger partial charge < -0.3 is 19.5 Å². The zero-order chi connectivity index (χ0) is 16.8. The van der Waals surface area contributed by atoms with Gasteiger partial charge in [0.1, 0.15) is 12.4 Å². The predicted octanol–water partition coefficient (Wildman–Crippen LogP) is 3.29. The zero-order valence-electron chi connectivity index (χ0n) is 14.3. The second kappa shape index (κ2) is 12.9. The minimum Gasteiger partial charge on any atom is -0.494 e. The molecule has 0 aliphatic heterocycles. The highest BCUT2D eigenvalue weighted by atomic mass is 16.5. The van der Waals surface area contributed by atoms with Gasteiger partial charge in [0.05, 0.1) is 6.61 Å². The topological polar surface area (TPSA) is 56.8 Å². The fraction of sp³-hybridized carbons (Fsp3) is 0.611. The number of ether oxygens (including phenoxy) is 3. The van der Waals surface area contributed by atoms with Crippen LogP contribution in [0.15, 0.2) is 24.3 Å². The molecule has 0 saturated carbocycles. The van der Waals surface area contributed by atoms with Crippen LogP contribution < -0.4 is 10.1 Å². The van der Waals surface area contributed by atoms with E-state index in [2.05, 4.69) is 12.2 Å². The van der Waals surface area contributed by atoms with E-state index < -0.39 is 0 Å². The molecule has 5 nitrogen and oxygen atoms in total. The van der Waals surface area contributed by atoms with Crippen LogP contribution in [0.4, 0.5) is 5.69 Å². The van der Waals surface area contributed by atoms with E-state index in [0.29, 0.717) is 19.8 Å². The molecule has 0 spiro atoms. The maximum atomic E-state index is 10.7. The Morgan fingerprint density at radius 1 is 0.957 bits per heavy atom. The van der Waals surface area contributed by atoms with Gasteiger partial charge in [-0.05, 0) is 51.0 Å². The van der Waals surface area contributed by atoms with E-state index >= 15 is 0 Å². The first-order valence-electron chi connectivity index (χ1n) is 8.34. The standard InChI is InChI=1S/C18H29NO4/c1-3-19-17-7-9-18(10-8-17)23-14-6-13-21-11-4-5-12-22-15-16(2)20/h7-10,19H,3-6,11-15H2,1-2H3. The Morgan fingerprint density at radius 2 is 1.61 bits per heavy atom. The summed E-state index contributed by atoms with van der Waals surface area (Å²) in [6, 6.07) is 7.98. The lowest BCUT2D eigenvalue weighted by molar-refractivity contribution is -0.121. The largest absolute Gasteiger partial charge is 0.494 e. The molecule has 0 fully saturated rings. The summed E-state index contributed by atoms with van der Waals surface area (Å²) in [5.41, 5.74) is 1.11. The lowest BCUT2D eigenvalue weighted by Crippen LogP contribution is -2.07. The van der Waals surface area contributed by atoms with Crippen molar-refractivity contribution in [2.45, 2.75) is 33.1 Å². The Balaban J connectivity index is 1.90. The molecule has 0 atom stereocenters. The third-order valence-electron chi connectivity index (χ3n) is 3.07. The first-order chi connectivity index (χ1) is 11.2. The minimum absolute atomic E-state index is 0.0671. The number of ketones is 1. The summed E-state index contributed by atoms with van der Waals surface area (Å²) in [7, 11) is 0. The van der Waals surface area contributed by atoms with Crippen molar-refractivity contribution in [3.05, 3.63) is 24.3 Å². The molecule has 5 heteroatoms. The Kier molecular flexibility index (Phi) is 10.9. The zero-order valence-corrected chi connectivity index (χ0v) is 14.3. The third-order valence-corrected chi connectivity index (χ3v) is 3.07. The minimum atomic E-state index is 0.0671. The number of nitrogens with one attached hydrogen (secondary N) is 1. The van der Waals surface area contributed by atoms with Gasteiger partial charge >= 0.3 is 0 Å². The van der Waals surface area contributed by atoms with Crippen molar-refractivity contribution >= 4 is 11.5 Å². The van der Waals surface area contributed by atoms with Gasteiger partial charge in [0, 0.05) is 38.5 Å². The van der Waals surface area contributed by atoms with Crippen LogP contribution in [-0.4, -0.2) is 45.4 Å². The molecule has 0 unspecified atom stereocenters. The summed E-state index contributed by atoms with van der Waals surface area (Å²) in [6.07, 6.45) is 2.74. The molecule has 0 aromatic heterocycles. The van der Waals surface area contributed by atoms with Crippen molar-refractivity contribution < 1.29 is 19.0 Å². The molecule has 0 heterocycles. The molecule has 0 aliphatic rings. The van der Waals surface area contributed by atoms with Crippen LogP contribution in [0.3, 0.4) is 0 Å². The van der Waals surface area contributed by atoms with Crippen LogP contribution in [0.25, 0.3) is 0 Å². The molecule has 0 aliphatic carbocycles. The first kappa shape index (κ1) is 19.5. The predicted molar refractivity (Wildman–Crippen MR) is 92.3 cm³/mol. The van der Waals surface area contributed by atoms with Crippen molar-refractivity contribution in [1.82, 2.24) is 0 Å². The van der Waals surface area contributed by atoms with Crippen LogP contribution in [0.2, 0.25) is 0 Å². The van der Waals surface area contributed by atoms with Gasteiger partial charge in [-0.2, -0.15) is 0 Å². The lowest BCUT2D eigenvalue weighted by Gasteiger charge is -2.08. The van der Waals surface area contributed by atoms with Crippen molar-refractivity contribution in [3.63, 3.8) is 0 Å². The van der Waals surface area contributed by atoms with Crippen molar-refractivity contribution in [3.8, 4) is 5.75 Å². The molecule has 130 valence electrons. The van der Waals surface area contributed by atoms with Gasteiger partial charge in [0.25, 0.3) is 0 Å². The summed E-state index contributed by atoms with van der Waals surface area (Å²) in [6.45, 7) is 7.43. The number of carbonyl (C=O) groups is 1. The number of Topliss-reactive ketones (excluding diaryl/α,β-unsaturated/α-hetero) is 1. The molecule has 23 heavy (non-hydrogen) atoms. The Hall–Kier alpha value is -1.59. The van der Waals surface area contributed by atoms with E-state index in [1.807, 2.05) is 24.3 Å². The fourth-order valence-corrected chi connectivity index (χ4v) is 1.95. The van der Waals surface area contributed by atoms with Crippen LogP contribution >= 0.6 is 0 Å². The molecule has 0 radical (unpaired) electrons. The van der Waals surface area contributed by atoms with Gasteiger partial charge in [-0.25, -0.2) is 0 Å². The lowest BCUT2D eigenvalue weighted by atomic mass is 10.3. The van der Waals surface area contributed by atoms with E-state index in [4.69, 9.17) is 14.2 Å². The average molecular weight is 323 g/mol. The third kappa shape index (κ3) is 10.7. The second-order valence-electron chi connectivity index (χ2n) is 5.33. The second-order valence-corrected chi connectivity index (χ2v) is 5.33. The van der Waals surface area contributed by atoms with Gasteiger partial charge in [-0.3, -0.25) is 4.79 Å². The number of hydrogen-bond donors (Lipinski definition) is 1. The van der Waals surface area contributed by atoms with Crippen molar-refractivity contribution in [2.75, 3.05) is 44.9 Å². The summed E-state index contributed by atoms with van der Waals surface area (Å²) < 4.78 is 16.4. The number of unbranched alkanes of at least 4 members (excludes halogenated alkanes) is 1. The monoisotopic (exact) mass is 323 g/mol. The Morgan fingerprint density at radius 3 is 2.26 bits per heavy atom. The van der Waals surface area contributed by atoms with Gasteiger partial charge in [0.15, 0.2) is 5.78 Å². The van der Waals surface area contributed by atoms with Crippen molar-refractivity contribution in [2.24, 2.45) is 0 Å². The molecule has 0 amide bonds. The van der Waals surface area contributed by atoms with Gasteiger partial charge in [-0.1, -0.05) is 0 Å². The summed E-state index contributed by atoms with van der Waals surface area (Å²) in [5.74, 6) is 0.951. The maximum Gasteiger partial charge on any atom is 0.155 e. The van der Waals surface area contributed by atoms with E-state index in [0.717, 1.165) is 43.9 Å². The molecule has 0 saturated heterocycles. The smallest absolute Gasteiger partial charge is 0.155 e. The van der Waals surface area contributed by atoms with E-state index in [1.165, 1.54) is 6.92 Å². The number of anilines is 1. The first-order valence-corrected chi connectivity index (χ1v) is 8.34. The maximum absolute atomic E-state index is 10.7. The van der Waals surface area contributed by atoms with E-state index in [1.54, 1.807) is 0 Å². The molecule has 0 bridgehead atoms. The Bertz CT molecular complexity index is 420. The quantitative estimate of drug-likeness (QED) is 0.532. The highest BCUT2D eigenvalue weighted by Crippen LogP contribution is 2.15. The summed E-state index contributed by atoms with van der Waals surface area (Å²) in [4.78, 5) is 10.7. The molecular formula is C18H29NO4. The fourth-order valence-electron chi connectivity index (χ4n) is 1.95. The van der Waals surface area contributed by atoms with Gasteiger partial charge in [-0.15, -0.1) is 0 Å². The van der Waals surface area contributed by atoms with Crippen LogP contribution in [0.5, 0.6) is 5.75 Å². The Labute approximate surface area is 139 Å².